The molecule has 1 fully saturated rings. The number of hydrogen-bond donors (Lipinski definition) is 2. The molecule has 6 heteroatoms. The summed E-state index contributed by atoms with van der Waals surface area (Å²) in [5.74, 6) is -1.29. The van der Waals surface area contributed by atoms with Gasteiger partial charge < -0.3 is 10.4 Å². The minimum absolute atomic E-state index is 0.331. The normalized spacial score (nSPS) is 17.1. The van der Waals surface area contributed by atoms with Gasteiger partial charge >= 0.3 is 5.97 Å². The van der Waals surface area contributed by atoms with Gasteiger partial charge in [-0.05, 0) is 28.8 Å². The van der Waals surface area contributed by atoms with E-state index in [1.165, 1.54) is 11.3 Å². The molecule has 1 heterocycles. The SMILES string of the molecule is O=C(NC1(C(=O)O)CC1)c1cscc1Br. The minimum Gasteiger partial charge on any atom is -0.480 e. The number of rotatable bonds is 3. The van der Waals surface area contributed by atoms with Crippen LogP contribution in [0.3, 0.4) is 0 Å². The van der Waals surface area contributed by atoms with Crippen molar-refractivity contribution in [2.75, 3.05) is 0 Å². The molecule has 0 aliphatic heterocycles. The first-order valence-electron chi connectivity index (χ1n) is 4.33. The Hall–Kier alpha value is -0.880. The van der Waals surface area contributed by atoms with Crippen molar-refractivity contribution in [2.45, 2.75) is 18.4 Å². The molecule has 0 atom stereocenters. The van der Waals surface area contributed by atoms with Gasteiger partial charge in [0.25, 0.3) is 5.91 Å². The number of carbonyl (C=O) groups is 2. The van der Waals surface area contributed by atoms with E-state index in [9.17, 15) is 9.59 Å². The van der Waals surface area contributed by atoms with E-state index in [4.69, 9.17) is 5.11 Å². The van der Waals surface area contributed by atoms with Crippen molar-refractivity contribution in [3.63, 3.8) is 0 Å². The van der Waals surface area contributed by atoms with Crippen molar-refractivity contribution in [1.29, 1.82) is 0 Å². The predicted octanol–water partition coefficient (Wildman–Crippen LogP) is 1.86. The molecule has 0 bridgehead atoms. The number of thiophene rings is 1. The maximum Gasteiger partial charge on any atom is 0.329 e. The number of carbonyl (C=O) groups excluding carboxylic acids is 1. The number of amides is 1. The molecule has 1 aromatic heterocycles. The smallest absolute Gasteiger partial charge is 0.329 e. The lowest BCUT2D eigenvalue weighted by Crippen LogP contribution is -2.43. The van der Waals surface area contributed by atoms with Gasteiger partial charge in [-0.2, -0.15) is 11.3 Å². The molecular weight excluding hydrogens is 282 g/mol. The quantitative estimate of drug-likeness (QED) is 0.893. The Labute approximate surface area is 98.4 Å². The van der Waals surface area contributed by atoms with Gasteiger partial charge in [0, 0.05) is 15.2 Å². The molecule has 1 amide bonds. The molecule has 0 unspecified atom stereocenters. The van der Waals surface area contributed by atoms with Crippen LogP contribution in [-0.4, -0.2) is 22.5 Å². The fourth-order valence-electron chi connectivity index (χ4n) is 1.25. The van der Waals surface area contributed by atoms with Gasteiger partial charge in [0.2, 0.25) is 0 Å². The second kappa shape index (κ2) is 3.61. The standard InChI is InChI=1S/C9H8BrNO3S/c10-6-4-15-3-5(6)7(12)11-9(1-2-9)8(13)14/h3-4H,1-2H2,(H,11,12)(H,13,14). The second-order valence-corrected chi connectivity index (χ2v) is 5.07. The van der Waals surface area contributed by atoms with Gasteiger partial charge in [-0.25, -0.2) is 4.79 Å². The molecular formula is C9H8BrNO3S. The lowest BCUT2D eigenvalue weighted by atomic mass is 10.2. The second-order valence-electron chi connectivity index (χ2n) is 3.47. The lowest BCUT2D eigenvalue weighted by Gasteiger charge is -2.11. The third kappa shape index (κ3) is 1.91. The lowest BCUT2D eigenvalue weighted by molar-refractivity contribution is -0.140. The van der Waals surface area contributed by atoms with E-state index in [2.05, 4.69) is 21.2 Å². The summed E-state index contributed by atoms with van der Waals surface area (Å²) >= 11 is 4.63. The van der Waals surface area contributed by atoms with E-state index >= 15 is 0 Å². The Balaban J connectivity index is 2.11. The summed E-state index contributed by atoms with van der Waals surface area (Å²) in [5, 5.41) is 14.9. The van der Waals surface area contributed by atoms with Crippen LogP contribution in [0, 0.1) is 0 Å². The van der Waals surface area contributed by atoms with Crippen molar-refractivity contribution in [3.05, 3.63) is 20.8 Å². The van der Waals surface area contributed by atoms with Gasteiger partial charge in [-0.15, -0.1) is 0 Å². The molecule has 0 saturated heterocycles. The summed E-state index contributed by atoms with van der Waals surface area (Å²) in [6.45, 7) is 0. The molecule has 0 radical (unpaired) electrons. The molecule has 1 aromatic rings. The van der Waals surface area contributed by atoms with E-state index in [1.54, 1.807) is 10.8 Å². The van der Waals surface area contributed by atoms with Crippen LogP contribution in [-0.2, 0) is 4.79 Å². The van der Waals surface area contributed by atoms with E-state index < -0.39 is 11.5 Å². The fraction of sp³-hybridized carbons (Fsp3) is 0.333. The van der Waals surface area contributed by atoms with Gasteiger partial charge in [-0.1, -0.05) is 0 Å². The zero-order valence-corrected chi connectivity index (χ0v) is 10.0. The largest absolute Gasteiger partial charge is 0.480 e. The highest BCUT2D eigenvalue weighted by molar-refractivity contribution is 9.10. The highest BCUT2D eigenvalue weighted by atomic mass is 79.9. The van der Waals surface area contributed by atoms with Crippen LogP contribution in [0.5, 0.6) is 0 Å². The van der Waals surface area contributed by atoms with Crippen LogP contribution < -0.4 is 5.32 Å². The van der Waals surface area contributed by atoms with E-state index in [-0.39, 0.29) is 5.91 Å². The Morgan fingerprint density at radius 2 is 2.13 bits per heavy atom. The third-order valence-corrected chi connectivity index (χ3v) is 4.07. The molecule has 1 aliphatic rings. The Morgan fingerprint density at radius 1 is 1.47 bits per heavy atom. The van der Waals surface area contributed by atoms with Crippen LogP contribution >= 0.6 is 27.3 Å². The van der Waals surface area contributed by atoms with Crippen molar-refractivity contribution in [3.8, 4) is 0 Å². The van der Waals surface area contributed by atoms with Crippen molar-refractivity contribution in [1.82, 2.24) is 5.32 Å². The molecule has 4 nitrogen and oxygen atoms in total. The van der Waals surface area contributed by atoms with E-state index in [0.717, 1.165) is 0 Å². The molecule has 1 aliphatic carbocycles. The number of carboxylic acids is 1. The maximum absolute atomic E-state index is 11.7. The van der Waals surface area contributed by atoms with E-state index in [1.807, 2.05) is 0 Å². The number of hydrogen-bond acceptors (Lipinski definition) is 3. The molecule has 0 aromatic carbocycles. The number of nitrogens with one attached hydrogen (secondary N) is 1. The van der Waals surface area contributed by atoms with Crippen molar-refractivity contribution >= 4 is 39.1 Å². The Bertz CT molecular complexity index is 425. The van der Waals surface area contributed by atoms with Gasteiger partial charge in [0.15, 0.2) is 0 Å². The number of aliphatic carboxylic acids is 1. The highest BCUT2D eigenvalue weighted by Gasteiger charge is 2.51. The molecule has 80 valence electrons. The zero-order valence-electron chi connectivity index (χ0n) is 7.62. The first-order chi connectivity index (χ1) is 7.05. The van der Waals surface area contributed by atoms with Crippen LogP contribution in [0.15, 0.2) is 15.2 Å². The topological polar surface area (TPSA) is 66.4 Å². The summed E-state index contributed by atoms with van der Waals surface area (Å²) in [5.41, 5.74) is -0.522. The van der Waals surface area contributed by atoms with Crippen LogP contribution in [0.25, 0.3) is 0 Å². The first-order valence-corrected chi connectivity index (χ1v) is 6.06. The van der Waals surface area contributed by atoms with Crippen LogP contribution in [0.4, 0.5) is 0 Å². The van der Waals surface area contributed by atoms with Gasteiger partial charge in [0.1, 0.15) is 5.54 Å². The van der Waals surface area contributed by atoms with Gasteiger partial charge in [-0.3, -0.25) is 4.79 Å². The Morgan fingerprint density at radius 3 is 2.53 bits per heavy atom. The fourth-order valence-corrected chi connectivity index (χ4v) is 2.70. The molecule has 2 rings (SSSR count). The summed E-state index contributed by atoms with van der Waals surface area (Å²) in [4.78, 5) is 22.5. The third-order valence-electron chi connectivity index (χ3n) is 2.37. The molecule has 15 heavy (non-hydrogen) atoms. The van der Waals surface area contributed by atoms with Crippen LogP contribution in [0.2, 0.25) is 0 Å². The average Bonchev–Trinajstić information content (AvgIpc) is 2.82. The van der Waals surface area contributed by atoms with Crippen molar-refractivity contribution in [2.24, 2.45) is 0 Å². The first kappa shape index (κ1) is 10.6. The maximum atomic E-state index is 11.7. The number of carboxylic acid groups (broad SMARTS) is 1. The van der Waals surface area contributed by atoms with E-state index in [0.29, 0.717) is 22.9 Å². The zero-order chi connectivity index (χ0) is 11.1. The molecule has 0 spiro atoms. The predicted molar refractivity (Wildman–Crippen MR) is 59.1 cm³/mol. The summed E-state index contributed by atoms with van der Waals surface area (Å²) in [7, 11) is 0. The van der Waals surface area contributed by atoms with Crippen LogP contribution in [0.1, 0.15) is 23.2 Å². The van der Waals surface area contributed by atoms with Crippen molar-refractivity contribution < 1.29 is 14.7 Å². The molecule has 2 N–H and O–H groups in total. The average molecular weight is 290 g/mol. The number of halogens is 1. The Kier molecular flexibility index (Phi) is 2.56. The summed E-state index contributed by atoms with van der Waals surface area (Å²) in [6, 6.07) is 0. The summed E-state index contributed by atoms with van der Waals surface area (Å²) < 4.78 is 0.700. The molecule has 1 saturated carbocycles. The monoisotopic (exact) mass is 289 g/mol. The minimum atomic E-state index is -1.02. The highest BCUT2D eigenvalue weighted by Crippen LogP contribution is 2.36. The summed E-state index contributed by atoms with van der Waals surface area (Å²) in [6.07, 6.45) is 1.02. The van der Waals surface area contributed by atoms with Gasteiger partial charge in [0.05, 0.1) is 5.56 Å².